The minimum absolute atomic E-state index is 0.0897. The van der Waals surface area contributed by atoms with Gasteiger partial charge in [0, 0.05) is 18.9 Å². The summed E-state index contributed by atoms with van der Waals surface area (Å²) < 4.78 is 60.0. The summed E-state index contributed by atoms with van der Waals surface area (Å²) in [6.07, 6.45) is 4.80. The molecule has 1 aromatic rings. The number of fused-ring (bicyclic) bond motifs is 3. The van der Waals surface area contributed by atoms with Crippen molar-refractivity contribution in [3.63, 3.8) is 0 Å². The lowest BCUT2D eigenvalue weighted by Gasteiger charge is -2.47. The van der Waals surface area contributed by atoms with Crippen molar-refractivity contribution in [2.75, 3.05) is 20.3 Å². The number of rotatable bonds is 5. The van der Waals surface area contributed by atoms with E-state index in [1.807, 2.05) is 18.2 Å². The van der Waals surface area contributed by atoms with Crippen molar-refractivity contribution in [1.29, 1.82) is 0 Å². The highest BCUT2D eigenvalue weighted by Gasteiger charge is 2.60. The topological polar surface area (TPSA) is 30.5 Å². The molecule has 3 aliphatic rings. The molecule has 146 valence electrons. The molecule has 1 aliphatic heterocycles. The fourth-order valence-corrected chi connectivity index (χ4v) is 5.21. The Morgan fingerprint density at radius 2 is 2.19 bits per heavy atom. The van der Waals surface area contributed by atoms with Crippen molar-refractivity contribution in [3.05, 3.63) is 41.2 Å². The number of methoxy groups -OCH3 is 1. The van der Waals surface area contributed by atoms with Crippen LogP contribution in [0.2, 0.25) is 0 Å². The number of nitrogens with one attached hydrogen (secondary N) is 1. The lowest BCUT2D eigenvalue weighted by atomic mass is 9.62. The van der Waals surface area contributed by atoms with E-state index in [1.54, 1.807) is 6.08 Å². The number of thiocarbonyl (C=S) groups is 1. The normalized spacial score (nSPS) is 34.0. The van der Waals surface area contributed by atoms with Crippen molar-refractivity contribution >= 4 is 17.2 Å². The smallest absolute Gasteiger partial charge is 0.156 e. The minimum atomic E-state index is -2.42. The third kappa shape index (κ3) is 2.97. The molecule has 0 amide bonds. The van der Waals surface area contributed by atoms with Crippen LogP contribution in [-0.4, -0.2) is 31.4 Å². The fourth-order valence-electron chi connectivity index (χ4n) is 4.99. The Labute approximate surface area is 168 Å². The molecule has 6 heteroatoms. The number of ether oxygens (including phenoxy) is 2. The van der Waals surface area contributed by atoms with Gasteiger partial charge in [-0.05, 0) is 61.4 Å². The first kappa shape index (κ1) is 15.4. The van der Waals surface area contributed by atoms with Gasteiger partial charge in [0.2, 0.25) is 0 Å². The molecule has 2 spiro atoms. The first-order valence-electron chi connectivity index (χ1n) is 10.9. The van der Waals surface area contributed by atoms with E-state index in [1.165, 1.54) is 0 Å². The van der Waals surface area contributed by atoms with E-state index < -0.39 is 25.1 Å². The standard InChI is InChI=1S/C21H25F2NO2S/c1-25-15-5-7-20(8-6-15)12-14-3-4-16(26-10-2-9-22)11-17(14)21(20)13-18(23)19(27)24-21/h3-4,11,13,15H,2,5-10,12H2,1H3,(H,24,27)/t15-,20-,21?/i1D3. The molecule has 27 heavy (non-hydrogen) atoms. The summed E-state index contributed by atoms with van der Waals surface area (Å²) in [5.74, 6) is 0.174. The molecule has 4 rings (SSSR count). The number of hydrogen-bond acceptors (Lipinski definition) is 3. The molecule has 1 aromatic carbocycles. The highest BCUT2D eigenvalue weighted by Crippen LogP contribution is 2.60. The van der Waals surface area contributed by atoms with E-state index in [4.69, 9.17) is 25.8 Å². The lowest BCUT2D eigenvalue weighted by Crippen LogP contribution is -2.52. The molecule has 1 heterocycles. The molecule has 1 unspecified atom stereocenters. The maximum Gasteiger partial charge on any atom is 0.156 e. The minimum Gasteiger partial charge on any atom is -0.493 e. The van der Waals surface area contributed by atoms with Gasteiger partial charge < -0.3 is 14.8 Å². The molecule has 0 radical (unpaired) electrons. The maximum atomic E-state index is 14.6. The largest absolute Gasteiger partial charge is 0.493 e. The number of halogens is 2. The van der Waals surface area contributed by atoms with Crippen LogP contribution in [0, 0.1) is 5.41 Å². The number of alkyl halides is 1. The van der Waals surface area contributed by atoms with Crippen LogP contribution in [-0.2, 0) is 16.7 Å². The van der Waals surface area contributed by atoms with E-state index in [0.29, 0.717) is 37.9 Å². The quantitative estimate of drug-likeness (QED) is 0.585. The van der Waals surface area contributed by atoms with Crippen molar-refractivity contribution in [3.8, 4) is 5.75 Å². The fraction of sp³-hybridized carbons (Fsp3) is 0.571. The Bertz CT molecular complexity index is 868. The first-order valence-corrected chi connectivity index (χ1v) is 9.80. The van der Waals surface area contributed by atoms with E-state index in [-0.39, 0.29) is 23.1 Å². The molecule has 0 saturated heterocycles. The molecule has 1 N–H and O–H groups in total. The summed E-state index contributed by atoms with van der Waals surface area (Å²) in [5, 5.41) is 3.25. The van der Waals surface area contributed by atoms with Gasteiger partial charge in [0.25, 0.3) is 0 Å². The highest BCUT2D eigenvalue weighted by molar-refractivity contribution is 7.80. The van der Waals surface area contributed by atoms with Crippen LogP contribution in [0.4, 0.5) is 8.78 Å². The van der Waals surface area contributed by atoms with Gasteiger partial charge in [-0.2, -0.15) is 0 Å². The molecule has 2 aliphatic carbocycles. The second kappa shape index (κ2) is 7.13. The molecule has 1 saturated carbocycles. The van der Waals surface area contributed by atoms with E-state index >= 15 is 0 Å². The van der Waals surface area contributed by atoms with Crippen LogP contribution < -0.4 is 10.1 Å². The average molecular weight is 397 g/mol. The molecule has 0 bridgehead atoms. The molecule has 1 fully saturated rings. The zero-order valence-electron chi connectivity index (χ0n) is 18.0. The van der Waals surface area contributed by atoms with Crippen molar-refractivity contribution < 1.29 is 22.4 Å². The Morgan fingerprint density at radius 1 is 1.37 bits per heavy atom. The van der Waals surface area contributed by atoms with Crippen molar-refractivity contribution in [2.24, 2.45) is 5.41 Å². The van der Waals surface area contributed by atoms with Crippen LogP contribution in [0.5, 0.6) is 5.75 Å². The van der Waals surface area contributed by atoms with Gasteiger partial charge in [-0.1, -0.05) is 18.3 Å². The summed E-state index contributed by atoms with van der Waals surface area (Å²) in [5.41, 5.74) is 0.877. The van der Waals surface area contributed by atoms with Crippen LogP contribution in [0.25, 0.3) is 0 Å². The van der Waals surface area contributed by atoms with Crippen LogP contribution in [0.1, 0.15) is 47.3 Å². The Morgan fingerprint density at radius 3 is 2.85 bits per heavy atom. The SMILES string of the molecule is [2H]C([2H])([2H])O[C@H]1CC[C@]2(CC1)Cc1ccc(OCCCF)cc1C21C=C(F)C(=S)N1. The molecular formula is C21H25F2NO2S. The van der Waals surface area contributed by atoms with Crippen LogP contribution in [0.3, 0.4) is 0 Å². The van der Waals surface area contributed by atoms with Crippen LogP contribution in [0.15, 0.2) is 30.1 Å². The van der Waals surface area contributed by atoms with Gasteiger partial charge in [-0.15, -0.1) is 0 Å². The van der Waals surface area contributed by atoms with E-state index in [0.717, 1.165) is 17.5 Å². The number of hydrogen-bond donors (Lipinski definition) is 1. The van der Waals surface area contributed by atoms with Crippen molar-refractivity contribution in [1.82, 2.24) is 5.32 Å². The lowest BCUT2D eigenvalue weighted by molar-refractivity contribution is 0.00369. The zero-order valence-corrected chi connectivity index (χ0v) is 15.8. The monoisotopic (exact) mass is 396 g/mol. The summed E-state index contributed by atoms with van der Waals surface area (Å²) in [6.45, 7) is -0.168. The molecule has 0 aromatic heterocycles. The Balaban J connectivity index is 1.65. The summed E-state index contributed by atoms with van der Waals surface area (Å²) in [7, 11) is -2.42. The maximum absolute atomic E-state index is 14.6. The Hall–Kier alpha value is -1.53. The van der Waals surface area contributed by atoms with Crippen LogP contribution >= 0.6 is 12.2 Å². The molecule has 3 nitrogen and oxygen atoms in total. The average Bonchev–Trinajstić information content (AvgIpc) is 3.11. The predicted molar refractivity (Wildman–Crippen MR) is 105 cm³/mol. The van der Waals surface area contributed by atoms with Gasteiger partial charge in [0.15, 0.2) is 5.83 Å². The summed E-state index contributed by atoms with van der Waals surface area (Å²) in [4.78, 5) is 0.0897. The Kier molecular flexibility index (Phi) is 4.07. The third-order valence-electron chi connectivity index (χ3n) is 6.35. The van der Waals surface area contributed by atoms with Gasteiger partial charge >= 0.3 is 0 Å². The van der Waals surface area contributed by atoms with E-state index in [9.17, 15) is 8.78 Å². The summed E-state index contributed by atoms with van der Waals surface area (Å²) in [6, 6.07) is 5.75. The van der Waals surface area contributed by atoms with E-state index in [2.05, 4.69) is 5.32 Å². The predicted octanol–water partition coefficient (Wildman–Crippen LogP) is 4.54. The van der Waals surface area contributed by atoms with Gasteiger partial charge in [-0.3, -0.25) is 4.39 Å². The zero-order chi connectivity index (χ0) is 21.6. The molecular weight excluding hydrogens is 368 g/mol. The van der Waals surface area contributed by atoms with Gasteiger partial charge in [0.05, 0.1) is 29.0 Å². The first-order chi connectivity index (χ1) is 14.2. The van der Waals surface area contributed by atoms with Gasteiger partial charge in [0.1, 0.15) is 10.7 Å². The van der Waals surface area contributed by atoms with Gasteiger partial charge in [-0.25, -0.2) is 4.39 Å². The number of benzene rings is 1. The highest BCUT2D eigenvalue weighted by atomic mass is 32.1. The second-order valence-corrected chi connectivity index (χ2v) is 8.15. The third-order valence-corrected chi connectivity index (χ3v) is 6.64. The molecule has 1 atom stereocenters. The van der Waals surface area contributed by atoms with Crippen molar-refractivity contribution in [2.45, 2.75) is 50.2 Å². The summed E-state index contributed by atoms with van der Waals surface area (Å²) >= 11 is 5.22. The second-order valence-electron chi connectivity index (χ2n) is 7.74.